The number of hydrogen-bond donors (Lipinski definition) is 4. The summed E-state index contributed by atoms with van der Waals surface area (Å²) in [5.41, 5.74) is 1.75. The molecule has 0 radical (unpaired) electrons. The van der Waals surface area contributed by atoms with Gasteiger partial charge in [-0.2, -0.15) is 0 Å². The second-order valence-corrected chi connectivity index (χ2v) is 10.8. The molecular weight excluding hydrogens is 494 g/mol. The van der Waals surface area contributed by atoms with E-state index in [4.69, 9.17) is 9.84 Å². The van der Waals surface area contributed by atoms with Crippen molar-refractivity contribution in [3.63, 3.8) is 0 Å². The molecule has 0 bridgehead atoms. The van der Waals surface area contributed by atoms with Gasteiger partial charge in [0.25, 0.3) is 0 Å². The van der Waals surface area contributed by atoms with Gasteiger partial charge in [-0.1, -0.05) is 38.3 Å². The molecule has 9 heteroatoms. The first-order valence-electron chi connectivity index (χ1n) is 13.2. The van der Waals surface area contributed by atoms with Crippen LogP contribution in [0.3, 0.4) is 0 Å². The Labute approximate surface area is 222 Å². The Bertz CT molecular complexity index is 993. The minimum atomic E-state index is -1.35. The van der Waals surface area contributed by atoms with Crippen LogP contribution in [0.25, 0.3) is 0 Å². The summed E-state index contributed by atoms with van der Waals surface area (Å²) in [6.45, 7) is 1.14. The summed E-state index contributed by atoms with van der Waals surface area (Å²) in [6, 6.07) is 11.4. The summed E-state index contributed by atoms with van der Waals surface area (Å²) in [4.78, 5) is 28.2. The van der Waals surface area contributed by atoms with Gasteiger partial charge >= 0.3 is 5.97 Å². The maximum atomic E-state index is 12.6. The van der Waals surface area contributed by atoms with Crippen LogP contribution in [0.1, 0.15) is 84.5 Å². The zero-order chi connectivity index (χ0) is 26.8. The summed E-state index contributed by atoms with van der Waals surface area (Å²) < 4.78 is 5.02. The average molecular weight is 534 g/mol. The van der Waals surface area contributed by atoms with Gasteiger partial charge in [0.15, 0.2) is 0 Å². The Morgan fingerprint density at radius 2 is 1.84 bits per heavy atom. The number of nitrogens with zero attached hydrogens (tertiary/aromatic N) is 1. The zero-order valence-electron chi connectivity index (χ0n) is 21.4. The summed E-state index contributed by atoms with van der Waals surface area (Å²) in [5.74, 6) is -0.456. The van der Waals surface area contributed by atoms with Crippen molar-refractivity contribution < 1.29 is 34.8 Å². The zero-order valence-corrected chi connectivity index (χ0v) is 22.2. The minimum absolute atomic E-state index is 0.121. The number of anilines is 1. The molecule has 204 valence electrons. The van der Waals surface area contributed by atoms with Crippen molar-refractivity contribution in [1.29, 1.82) is 0 Å². The summed E-state index contributed by atoms with van der Waals surface area (Å²) in [6.07, 6.45) is 4.61. The molecule has 0 spiro atoms. The molecule has 1 aromatic heterocycles. The number of esters is 1. The maximum absolute atomic E-state index is 12.6. The standard InChI is InChI=1S/C28H39NO7S/c1-2-3-4-8-23(31)19-9-11-21(12-10-19)29-20(13-16-27(29)34)6-5-7-22-14-15-26(37-22)28(35)36-18-25(33)24(32)17-30/h9-12,14-15,20,23-25,30-33H,2-8,13,16-18H2,1H3/t20-,23-,24+,25+/m0/s1. The predicted molar refractivity (Wildman–Crippen MR) is 143 cm³/mol. The molecule has 4 N–H and O–H groups in total. The quantitative estimate of drug-likeness (QED) is 0.203. The smallest absolute Gasteiger partial charge is 0.348 e. The number of aryl methyl sites for hydroxylation is 1. The van der Waals surface area contributed by atoms with E-state index in [1.54, 1.807) is 6.07 Å². The highest BCUT2D eigenvalue weighted by Crippen LogP contribution is 2.31. The Balaban J connectivity index is 1.49. The molecule has 37 heavy (non-hydrogen) atoms. The topological polar surface area (TPSA) is 128 Å². The van der Waals surface area contributed by atoms with E-state index in [2.05, 4.69) is 6.92 Å². The Hall–Kier alpha value is -2.30. The molecule has 0 unspecified atom stereocenters. The number of carbonyl (C=O) groups excluding carboxylic acids is 2. The number of aliphatic hydroxyl groups is 4. The lowest BCUT2D eigenvalue weighted by Crippen LogP contribution is -2.34. The molecule has 3 rings (SSSR count). The van der Waals surface area contributed by atoms with Crippen LogP contribution < -0.4 is 4.90 Å². The van der Waals surface area contributed by atoms with Gasteiger partial charge in [0, 0.05) is 23.0 Å². The Morgan fingerprint density at radius 3 is 2.54 bits per heavy atom. The van der Waals surface area contributed by atoms with E-state index in [-0.39, 0.29) is 11.9 Å². The SMILES string of the molecule is CCCCC[C@H](O)c1ccc(N2C(=O)CC[C@@H]2CCCc2ccc(C(=O)OC[C@@H](O)[C@H](O)CO)s2)cc1. The number of thiophene rings is 1. The van der Waals surface area contributed by atoms with E-state index >= 15 is 0 Å². The van der Waals surface area contributed by atoms with Crippen LogP contribution in [-0.4, -0.2) is 63.8 Å². The monoisotopic (exact) mass is 533 g/mol. The normalized spacial score (nSPS) is 18.1. The van der Waals surface area contributed by atoms with Gasteiger partial charge in [-0.15, -0.1) is 11.3 Å². The molecule has 0 saturated carbocycles. The van der Waals surface area contributed by atoms with E-state index < -0.39 is 37.5 Å². The van der Waals surface area contributed by atoms with E-state index in [9.17, 15) is 24.9 Å². The molecule has 1 amide bonds. The lowest BCUT2D eigenvalue weighted by atomic mass is 10.0. The number of unbranched alkanes of at least 4 members (excludes halogenated alkanes) is 2. The molecule has 1 aromatic carbocycles. The average Bonchev–Trinajstić information content (AvgIpc) is 3.53. The van der Waals surface area contributed by atoms with Gasteiger partial charge in [-0.05, 0) is 61.9 Å². The third-order valence-corrected chi connectivity index (χ3v) is 7.93. The number of amides is 1. The van der Waals surface area contributed by atoms with Crippen molar-refractivity contribution in [1.82, 2.24) is 0 Å². The van der Waals surface area contributed by atoms with Crippen LogP contribution in [0.15, 0.2) is 36.4 Å². The molecule has 2 heterocycles. The lowest BCUT2D eigenvalue weighted by Gasteiger charge is -2.25. The fraction of sp³-hybridized carbons (Fsp3) is 0.571. The molecular formula is C28H39NO7S. The summed E-state index contributed by atoms with van der Waals surface area (Å²) >= 11 is 1.33. The molecule has 1 fully saturated rings. The second-order valence-electron chi connectivity index (χ2n) is 9.63. The van der Waals surface area contributed by atoms with Crippen LogP contribution in [0.2, 0.25) is 0 Å². The molecule has 1 saturated heterocycles. The molecule has 4 atom stereocenters. The van der Waals surface area contributed by atoms with Gasteiger partial charge in [-0.3, -0.25) is 4.79 Å². The van der Waals surface area contributed by atoms with Crippen molar-refractivity contribution in [3.05, 3.63) is 51.7 Å². The number of hydrogen-bond acceptors (Lipinski definition) is 8. The largest absolute Gasteiger partial charge is 0.459 e. The van der Waals surface area contributed by atoms with E-state index in [1.165, 1.54) is 11.3 Å². The van der Waals surface area contributed by atoms with Crippen LogP contribution in [0.4, 0.5) is 5.69 Å². The van der Waals surface area contributed by atoms with Crippen LogP contribution in [0.5, 0.6) is 0 Å². The Kier molecular flexibility index (Phi) is 11.5. The number of aliphatic hydroxyl groups excluding tert-OH is 4. The van der Waals surface area contributed by atoms with Gasteiger partial charge in [0.1, 0.15) is 23.7 Å². The van der Waals surface area contributed by atoms with Crippen molar-refractivity contribution in [2.24, 2.45) is 0 Å². The third kappa shape index (κ3) is 8.35. The second kappa shape index (κ2) is 14.6. The maximum Gasteiger partial charge on any atom is 0.348 e. The summed E-state index contributed by atoms with van der Waals surface area (Å²) in [7, 11) is 0. The number of carbonyl (C=O) groups is 2. The Morgan fingerprint density at radius 1 is 1.08 bits per heavy atom. The van der Waals surface area contributed by atoms with Crippen LogP contribution in [0, 0.1) is 0 Å². The summed E-state index contributed by atoms with van der Waals surface area (Å²) in [5, 5.41) is 38.2. The van der Waals surface area contributed by atoms with E-state index in [0.29, 0.717) is 11.3 Å². The van der Waals surface area contributed by atoms with Gasteiger partial charge in [0.2, 0.25) is 5.91 Å². The van der Waals surface area contributed by atoms with Gasteiger partial charge in [0.05, 0.1) is 12.7 Å². The lowest BCUT2D eigenvalue weighted by molar-refractivity contribution is -0.117. The van der Waals surface area contributed by atoms with Gasteiger partial charge < -0.3 is 30.1 Å². The van der Waals surface area contributed by atoms with Crippen molar-refractivity contribution in [2.75, 3.05) is 18.1 Å². The molecule has 0 aliphatic carbocycles. The van der Waals surface area contributed by atoms with Crippen LogP contribution in [-0.2, 0) is 16.0 Å². The van der Waals surface area contributed by atoms with Crippen molar-refractivity contribution >= 4 is 28.9 Å². The first-order chi connectivity index (χ1) is 17.8. The molecule has 1 aliphatic rings. The third-order valence-electron chi connectivity index (χ3n) is 6.80. The highest BCUT2D eigenvalue weighted by atomic mass is 32.1. The first-order valence-corrected chi connectivity index (χ1v) is 14.0. The van der Waals surface area contributed by atoms with Crippen molar-refractivity contribution in [3.8, 4) is 0 Å². The molecule has 8 nitrogen and oxygen atoms in total. The van der Waals surface area contributed by atoms with Crippen molar-refractivity contribution in [2.45, 2.75) is 89.1 Å². The highest BCUT2D eigenvalue weighted by Gasteiger charge is 2.31. The first kappa shape index (κ1) is 29.3. The number of benzene rings is 1. The fourth-order valence-corrected chi connectivity index (χ4v) is 5.53. The van der Waals surface area contributed by atoms with E-state index in [1.807, 2.05) is 35.2 Å². The number of rotatable bonds is 15. The molecule has 1 aliphatic heterocycles. The fourth-order valence-electron chi connectivity index (χ4n) is 4.58. The number of ether oxygens (including phenoxy) is 1. The van der Waals surface area contributed by atoms with E-state index in [0.717, 1.165) is 67.5 Å². The highest BCUT2D eigenvalue weighted by molar-refractivity contribution is 7.13. The van der Waals surface area contributed by atoms with Crippen LogP contribution >= 0.6 is 11.3 Å². The molecule has 2 aromatic rings. The minimum Gasteiger partial charge on any atom is -0.459 e. The van der Waals surface area contributed by atoms with Gasteiger partial charge in [-0.25, -0.2) is 4.79 Å². The predicted octanol–water partition coefficient (Wildman–Crippen LogP) is 3.75.